The topological polar surface area (TPSA) is 84.6 Å². The van der Waals surface area contributed by atoms with E-state index in [1.807, 2.05) is 82.5 Å². The number of carbonyl (C=O) groups excluding carboxylic acids is 1. The summed E-state index contributed by atoms with van der Waals surface area (Å²) in [5.41, 5.74) is 7.72. The summed E-state index contributed by atoms with van der Waals surface area (Å²) in [6, 6.07) is 21.4. The van der Waals surface area contributed by atoms with Gasteiger partial charge in [-0.15, -0.1) is 0 Å². The fourth-order valence-corrected chi connectivity index (χ4v) is 5.21. The van der Waals surface area contributed by atoms with E-state index < -0.39 is 0 Å². The fraction of sp³-hybridized carbons (Fsp3) is 0.257. The standard InChI is InChI=1S/C35H35N5O3/c1-22-11-12-27(23(2)17-22)21-40-32(18-24(3)33(36-4)34(40)41)29-10-7-9-28(37-29)25-13-14-26-20-31(38-30(26)19-25)35(42)43-16-8-15-39(5)6/h7,9-14,17-20,38H,8,15-16,21H2,1-3,5-6H3. The largest absolute Gasteiger partial charge is 0.461 e. The van der Waals surface area contributed by atoms with Gasteiger partial charge in [0.1, 0.15) is 5.69 Å². The van der Waals surface area contributed by atoms with Gasteiger partial charge in [-0.1, -0.05) is 42.0 Å². The van der Waals surface area contributed by atoms with Crippen molar-refractivity contribution < 1.29 is 9.53 Å². The second-order valence-corrected chi connectivity index (χ2v) is 11.2. The Balaban J connectivity index is 1.49. The van der Waals surface area contributed by atoms with Crippen molar-refractivity contribution in [3.63, 3.8) is 0 Å². The Morgan fingerprint density at radius 1 is 1.00 bits per heavy atom. The molecule has 218 valence electrons. The van der Waals surface area contributed by atoms with Crippen LogP contribution in [0.15, 0.2) is 71.5 Å². The van der Waals surface area contributed by atoms with Crippen LogP contribution in [0.25, 0.3) is 38.4 Å². The number of aryl methyl sites for hydroxylation is 3. The van der Waals surface area contributed by atoms with Crippen LogP contribution in [0.3, 0.4) is 0 Å². The number of benzene rings is 2. The maximum Gasteiger partial charge on any atom is 0.354 e. The van der Waals surface area contributed by atoms with Crippen LogP contribution in [-0.2, 0) is 11.3 Å². The Morgan fingerprint density at radius 3 is 2.53 bits per heavy atom. The van der Waals surface area contributed by atoms with Crippen LogP contribution in [-0.4, -0.2) is 52.7 Å². The number of hydrogen-bond donors (Lipinski definition) is 1. The Morgan fingerprint density at radius 2 is 1.79 bits per heavy atom. The van der Waals surface area contributed by atoms with E-state index in [1.165, 1.54) is 0 Å². The molecule has 3 aromatic heterocycles. The highest BCUT2D eigenvalue weighted by Gasteiger charge is 2.17. The van der Waals surface area contributed by atoms with Crippen LogP contribution in [0.5, 0.6) is 0 Å². The number of aromatic nitrogens is 3. The maximum absolute atomic E-state index is 13.5. The molecule has 0 fully saturated rings. The number of H-pyrrole nitrogens is 1. The second-order valence-electron chi connectivity index (χ2n) is 11.2. The summed E-state index contributed by atoms with van der Waals surface area (Å²) in [5, 5.41) is 0.896. The van der Waals surface area contributed by atoms with E-state index in [4.69, 9.17) is 16.3 Å². The van der Waals surface area contributed by atoms with E-state index in [0.29, 0.717) is 35.8 Å². The summed E-state index contributed by atoms with van der Waals surface area (Å²) in [6.07, 6.45) is 0.768. The molecule has 0 saturated carbocycles. The normalized spacial score (nSPS) is 11.2. The lowest BCUT2D eigenvalue weighted by Crippen LogP contribution is -2.23. The average molecular weight is 574 g/mol. The zero-order valence-corrected chi connectivity index (χ0v) is 25.2. The highest BCUT2D eigenvalue weighted by Crippen LogP contribution is 2.28. The molecular weight excluding hydrogens is 538 g/mol. The van der Waals surface area contributed by atoms with Gasteiger partial charge in [-0.25, -0.2) is 14.6 Å². The maximum atomic E-state index is 13.5. The van der Waals surface area contributed by atoms with Gasteiger partial charge in [-0.2, -0.15) is 0 Å². The molecule has 43 heavy (non-hydrogen) atoms. The minimum Gasteiger partial charge on any atom is -0.461 e. The van der Waals surface area contributed by atoms with Gasteiger partial charge in [0.25, 0.3) is 11.2 Å². The van der Waals surface area contributed by atoms with Crippen molar-refractivity contribution in [3.8, 4) is 22.6 Å². The molecule has 0 unspecified atom stereocenters. The molecule has 8 nitrogen and oxygen atoms in total. The summed E-state index contributed by atoms with van der Waals surface area (Å²) in [4.78, 5) is 39.9. The number of esters is 1. The van der Waals surface area contributed by atoms with E-state index in [1.54, 1.807) is 17.6 Å². The predicted octanol–water partition coefficient (Wildman–Crippen LogP) is 6.69. The number of aromatic amines is 1. The number of ether oxygens (including phenoxy) is 1. The number of hydrogen-bond acceptors (Lipinski definition) is 5. The van der Waals surface area contributed by atoms with Crippen molar-refractivity contribution in [2.75, 3.05) is 27.2 Å². The summed E-state index contributed by atoms with van der Waals surface area (Å²) in [5.74, 6) is -0.378. The third-order valence-electron chi connectivity index (χ3n) is 7.54. The summed E-state index contributed by atoms with van der Waals surface area (Å²) >= 11 is 0. The van der Waals surface area contributed by atoms with Gasteiger partial charge < -0.3 is 19.2 Å². The molecule has 2 aromatic carbocycles. The van der Waals surface area contributed by atoms with Gasteiger partial charge in [0.15, 0.2) is 0 Å². The SMILES string of the molecule is [C-]#[N+]c1c(C)cc(-c2cccc(-c3ccc4cc(C(=O)OCCCN(C)C)[nH]c4c3)n2)n(Cc2ccc(C)cc2C)c1=O. The molecule has 0 aliphatic rings. The first-order chi connectivity index (χ1) is 20.6. The van der Waals surface area contributed by atoms with E-state index in [0.717, 1.165) is 51.8 Å². The molecule has 5 rings (SSSR count). The van der Waals surface area contributed by atoms with Gasteiger partial charge in [-0.05, 0) is 88.3 Å². The van der Waals surface area contributed by atoms with Gasteiger partial charge in [0, 0.05) is 23.0 Å². The second kappa shape index (κ2) is 12.5. The summed E-state index contributed by atoms with van der Waals surface area (Å²) in [7, 11) is 3.97. The van der Waals surface area contributed by atoms with Crippen LogP contribution in [0, 0.1) is 27.3 Å². The van der Waals surface area contributed by atoms with Crippen LogP contribution in [0.1, 0.15) is 39.2 Å². The number of nitrogens with zero attached hydrogens (tertiary/aromatic N) is 4. The third kappa shape index (κ3) is 6.42. The highest BCUT2D eigenvalue weighted by molar-refractivity contribution is 5.96. The molecule has 0 spiro atoms. The number of nitrogens with one attached hydrogen (secondary N) is 1. The van der Waals surface area contributed by atoms with E-state index in [2.05, 4.69) is 20.8 Å². The van der Waals surface area contributed by atoms with Crippen molar-refractivity contribution in [3.05, 3.63) is 116 Å². The van der Waals surface area contributed by atoms with Crippen molar-refractivity contribution in [2.24, 2.45) is 0 Å². The van der Waals surface area contributed by atoms with Crippen LogP contribution < -0.4 is 5.56 Å². The molecule has 0 aliphatic carbocycles. The van der Waals surface area contributed by atoms with Crippen molar-refractivity contribution >= 4 is 22.6 Å². The number of carbonyl (C=O) groups is 1. The lowest BCUT2D eigenvalue weighted by Gasteiger charge is -2.17. The van der Waals surface area contributed by atoms with E-state index >= 15 is 0 Å². The zero-order chi connectivity index (χ0) is 30.7. The quantitative estimate of drug-likeness (QED) is 0.121. The first kappa shape index (κ1) is 29.5. The van der Waals surface area contributed by atoms with Gasteiger partial charge >= 0.3 is 5.97 Å². The van der Waals surface area contributed by atoms with E-state index in [-0.39, 0.29) is 17.2 Å². The average Bonchev–Trinajstić information content (AvgIpc) is 3.42. The molecule has 0 aliphatic heterocycles. The molecule has 0 saturated heterocycles. The Hall–Kier alpha value is -5.00. The smallest absolute Gasteiger partial charge is 0.354 e. The Kier molecular flexibility index (Phi) is 8.56. The fourth-order valence-electron chi connectivity index (χ4n) is 5.21. The minimum atomic E-state index is -0.378. The third-order valence-corrected chi connectivity index (χ3v) is 7.54. The van der Waals surface area contributed by atoms with Crippen molar-refractivity contribution in [1.29, 1.82) is 0 Å². The summed E-state index contributed by atoms with van der Waals surface area (Å²) in [6.45, 7) is 15.0. The molecule has 0 atom stereocenters. The van der Waals surface area contributed by atoms with Gasteiger partial charge in [0.05, 0.1) is 36.8 Å². The first-order valence-electron chi connectivity index (χ1n) is 14.2. The molecule has 5 aromatic rings. The van der Waals surface area contributed by atoms with Gasteiger partial charge in [-0.3, -0.25) is 4.79 Å². The van der Waals surface area contributed by atoms with Crippen LogP contribution >= 0.6 is 0 Å². The lowest BCUT2D eigenvalue weighted by molar-refractivity contribution is 0.0487. The van der Waals surface area contributed by atoms with Gasteiger partial charge in [0.2, 0.25) is 0 Å². The molecule has 3 heterocycles. The molecular formula is C35H35N5O3. The monoisotopic (exact) mass is 573 g/mol. The first-order valence-corrected chi connectivity index (χ1v) is 14.2. The van der Waals surface area contributed by atoms with Crippen LogP contribution in [0.4, 0.5) is 5.69 Å². The molecule has 0 bridgehead atoms. The number of pyridine rings is 2. The number of rotatable bonds is 9. The molecule has 8 heteroatoms. The zero-order valence-electron chi connectivity index (χ0n) is 25.2. The lowest BCUT2D eigenvalue weighted by atomic mass is 10.0. The summed E-state index contributed by atoms with van der Waals surface area (Å²) < 4.78 is 7.08. The molecule has 1 N–H and O–H groups in total. The molecule has 0 amide bonds. The predicted molar refractivity (Wildman–Crippen MR) is 171 cm³/mol. The van der Waals surface area contributed by atoms with Crippen LogP contribution in [0.2, 0.25) is 0 Å². The van der Waals surface area contributed by atoms with Crippen molar-refractivity contribution in [1.82, 2.24) is 19.4 Å². The molecule has 0 radical (unpaired) electrons. The number of fused-ring (bicyclic) bond motifs is 1. The van der Waals surface area contributed by atoms with Crippen molar-refractivity contribution in [2.45, 2.75) is 33.7 Å². The van der Waals surface area contributed by atoms with E-state index in [9.17, 15) is 9.59 Å². The highest BCUT2D eigenvalue weighted by atomic mass is 16.5. The Bertz CT molecular complexity index is 1930. The Labute approximate surface area is 251 Å². The minimum absolute atomic E-state index is 0.119.